The number of carbonyl (C=O) groups excluding carboxylic acids is 1. The Balaban J connectivity index is 1.65. The number of aryl methyl sites for hydroxylation is 1. The van der Waals surface area contributed by atoms with Crippen LogP contribution in [0.1, 0.15) is 42.1 Å². The van der Waals surface area contributed by atoms with Crippen molar-refractivity contribution in [3.8, 4) is 0 Å². The molecule has 0 bridgehead atoms. The van der Waals surface area contributed by atoms with Crippen LogP contribution in [0.15, 0.2) is 47.0 Å². The smallest absolute Gasteiger partial charge is 0.276 e. The van der Waals surface area contributed by atoms with Gasteiger partial charge in [-0.25, -0.2) is 0 Å². The second kappa shape index (κ2) is 9.00. The molecule has 27 heavy (non-hydrogen) atoms. The van der Waals surface area contributed by atoms with Crippen LogP contribution in [0.4, 0.5) is 0 Å². The molecule has 5 nitrogen and oxygen atoms in total. The average molecular weight is 367 g/mol. The molecule has 2 heterocycles. The molecule has 0 spiro atoms. The number of aromatic nitrogens is 1. The molecular weight excluding hydrogens is 338 g/mol. The molecule has 1 aromatic heterocycles. The number of amides is 1. The first kappa shape index (κ1) is 19.4. The highest BCUT2D eigenvalue weighted by atomic mass is 16.5. The van der Waals surface area contributed by atoms with Gasteiger partial charge in [0.05, 0.1) is 0 Å². The lowest BCUT2D eigenvalue weighted by molar-refractivity contribution is 0.0752. The lowest BCUT2D eigenvalue weighted by Crippen LogP contribution is -2.35. The summed E-state index contributed by atoms with van der Waals surface area (Å²) in [6.45, 7) is 10.5. The van der Waals surface area contributed by atoms with Gasteiger partial charge in [0.15, 0.2) is 5.69 Å². The van der Waals surface area contributed by atoms with Crippen molar-refractivity contribution >= 4 is 11.5 Å². The predicted octanol–water partition coefficient (Wildman–Crippen LogP) is 3.87. The second-order valence-electron chi connectivity index (χ2n) is 7.55. The number of benzene rings is 1. The van der Waals surface area contributed by atoms with Crippen LogP contribution in [-0.2, 0) is 0 Å². The van der Waals surface area contributed by atoms with Gasteiger partial charge in [-0.3, -0.25) is 9.69 Å². The van der Waals surface area contributed by atoms with E-state index in [1.54, 1.807) is 13.0 Å². The zero-order valence-electron chi connectivity index (χ0n) is 16.5. The summed E-state index contributed by atoms with van der Waals surface area (Å²) in [5.74, 6) is 1.14. The van der Waals surface area contributed by atoms with E-state index in [1.807, 2.05) is 4.90 Å². The third kappa shape index (κ3) is 5.30. The van der Waals surface area contributed by atoms with E-state index >= 15 is 0 Å². The molecule has 0 atom stereocenters. The monoisotopic (exact) mass is 367 g/mol. The van der Waals surface area contributed by atoms with Gasteiger partial charge in [-0.1, -0.05) is 55.4 Å². The predicted molar refractivity (Wildman–Crippen MR) is 107 cm³/mol. The van der Waals surface area contributed by atoms with E-state index < -0.39 is 0 Å². The Morgan fingerprint density at radius 3 is 2.63 bits per heavy atom. The molecule has 1 fully saturated rings. The second-order valence-corrected chi connectivity index (χ2v) is 7.55. The van der Waals surface area contributed by atoms with E-state index in [1.165, 1.54) is 11.1 Å². The van der Waals surface area contributed by atoms with Crippen LogP contribution in [0.25, 0.3) is 5.57 Å². The minimum atomic E-state index is -0.0327. The van der Waals surface area contributed by atoms with Gasteiger partial charge in [-0.05, 0) is 30.4 Å². The Bertz CT molecular complexity index is 780. The van der Waals surface area contributed by atoms with Crippen LogP contribution in [0.3, 0.4) is 0 Å². The molecular formula is C22H29N3O2. The van der Waals surface area contributed by atoms with Gasteiger partial charge < -0.3 is 9.42 Å². The first-order valence-electron chi connectivity index (χ1n) is 9.74. The number of nitrogens with zero attached hydrogens (tertiary/aromatic N) is 3. The van der Waals surface area contributed by atoms with Crippen LogP contribution in [0, 0.1) is 12.8 Å². The highest BCUT2D eigenvalue weighted by Crippen LogP contribution is 2.19. The fourth-order valence-electron chi connectivity index (χ4n) is 3.50. The highest BCUT2D eigenvalue weighted by molar-refractivity contribution is 5.92. The summed E-state index contributed by atoms with van der Waals surface area (Å²) < 4.78 is 5.05. The SMILES string of the molecule is Cc1cc(C(=O)N2CCCN(C/C(=C\C(C)C)c3ccccc3)CC2)no1. The molecule has 1 aliphatic heterocycles. The van der Waals surface area contributed by atoms with Gasteiger partial charge in [0.2, 0.25) is 0 Å². The normalized spacial score (nSPS) is 16.6. The molecule has 5 heteroatoms. The molecule has 0 radical (unpaired) electrons. The molecule has 1 amide bonds. The third-order valence-corrected chi connectivity index (χ3v) is 4.80. The first-order valence-corrected chi connectivity index (χ1v) is 9.74. The van der Waals surface area contributed by atoms with Crippen LogP contribution in [-0.4, -0.2) is 53.6 Å². The van der Waals surface area contributed by atoms with Crippen molar-refractivity contribution < 1.29 is 9.32 Å². The van der Waals surface area contributed by atoms with E-state index in [0.29, 0.717) is 23.9 Å². The van der Waals surface area contributed by atoms with Crippen LogP contribution in [0.5, 0.6) is 0 Å². The third-order valence-electron chi connectivity index (χ3n) is 4.80. The standard InChI is InChI=1S/C22H29N3O2/c1-17(2)14-20(19-8-5-4-6-9-19)16-24-10-7-11-25(13-12-24)22(26)21-15-18(3)27-23-21/h4-6,8-9,14-15,17H,7,10-13,16H2,1-3H3/b20-14+. The minimum Gasteiger partial charge on any atom is -0.361 e. The Hall–Kier alpha value is -2.40. The van der Waals surface area contributed by atoms with Gasteiger partial charge in [-0.15, -0.1) is 0 Å². The summed E-state index contributed by atoms with van der Waals surface area (Å²) in [6, 6.07) is 12.3. The summed E-state index contributed by atoms with van der Waals surface area (Å²) in [6.07, 6.45) is 3.31. The zero-order valence-corrected chi connectivity index (χ0v) is 16.5. The van der Waals surface area contributed by atoms with Crippen LogP contribution >= 0.6 is 0 Å². The van der Waals surface area contributed by atoms with Crippen molar-refractivity contribution in [1.82, 2.24) is 15.0 Å². The Morgan fingerprint density at radius 1 is 1.19 bits per heavy atom. The minimum absolute atomic E-state index is 0.0327. The molecule has 2 aromatic rings. The molecule has 144 valence electrons. The van der Waals surface area contributed by atoms with E-state index in [4.69, 9.17) is 4.52 Å². The largest absolute Gasteiger partial charge is 0.361 e. The lowest BCUT2D eigenvalue weighted by atomic mass is 10.0. The highest BCUT2D eigenvalue weighted by Gasteiger charge is 2.23. The van der Waals surface area contributed by atoms with E-state index in [2.05, 4.69) is 60.3 Å². The average Bonchev–Trinajstić information content (AvgIpc) is 2.96. The fraction of sp³-hybridized carbons (Fsp3) is 0.455. The molecule has 0 aliphatic carbocycles. The number of rotatable bonds is 5. The first-order chi connectivity index (χ1) is 13.0. The molecule has 1 aliphatic rings. The Kier molecular flexibility index (Phi) is 6.45. The maximum atomic E-state index is 12.6. The van der Waals surface area contributed by atoms with Crippen molar-refractivity contribution in [3.05, 3.63) is 59.5 Å². The van der Waals surface area contributed by atoms with Gasteiger partial charge in [0.25, 0.3) is 5.91 Å². The van der Waals surface area contributed by atoms with E-state index in [0.717, 1.165) is 32.6 Å². The number of allylic oxidation sites excluding steroid dienone is 1. The molecule has 0 N–H and O–H groups in total. The number of hydrogen-bond donors (Lipinski definition) is 0. The quantitative estimate of drug-likeness (QED) is 0.805. The zero-order chi connectivity index (χ0) is 19.2. The Labute approximate surface area is 161 Å². The molecule has 0 saturated carbocycles. The molecule has 1 saturated heterocycles. The molecule has 0 unspecified atom stereocenters. The Morgan fingerprint density at radius 2 is 1.96 bits per heavy atom. The summed E-state index contributed by atoms with van der Waals surface area (Å²) in [5.41, 5.74) is 3.05. The van der Waals surface area contributed by atoms with Gasteiger partial charge in [0.1, 0.15) is 5.76 Å². The van der Waals surface area contributed by atoms with Crippen molar-refractivity contribution in [2.24, 2.45) is 5.92 Å². The summed E-state index contributed by atoms with van der Waals surface area (Å²) >= 11 is 0. The van der Waals surface area contributed by atoms with E-state index in [-0.39, 0.29) is 5.91 Å². The van der Waals surface area contributed by atoms with Gasteiger partial charge in [-0.2, -0.15) is 0 Å². The summed E-state index contributed by atoms with van der Waals surface area (Å²) in [5, 5.41) is 3.87. The summed E-state index contributed by atoms with van der Waals surface area (Å²) in [7, 11) is 0. The van der Waals surface area contributed by atoms with Crippen molar-refractivity contribution in [2.75, 3.05) is 32.7 Å². The van der Waals surface area contributed by atoms with Crippen LogP contribution in [0.2, 0.25) is 0 Å². The van der Waals surface area contributed by atoms with Gasteiger partial charge in [0, 0.05) is 38.8 Å². The maximum absolute atomic E-state index is 12.6. The maximum Gasteiger partial charge on any atom is 0.276 e. The van der Waals surface area contributed by atoms with Crippen molar-refractivity contribution in [1.29, 1.82) is 0 Å². The topological polar surface area (TPSA) is 49.6 Å². The lowest BCUT2D eigenvalue weighted by Gasteiger charge is -2.23. The number of hydrogen-bond acceptors (Lipinski definition) is 4. The molecule has 3 rings (SSSR count). The molecule has 1 aromatic carbocycles. The van der Waals surface area contributed by atoms with E-state index in [9.17, 15) is 4.79 Å². The van der Waals surface area contributed by atoms with Crippen molar-refractivity contribution in [2.45, 2.75) is 27.2 Å². The van der Waals surface area contributed by atoms with Crippen molar-refractivity contribution in [3.63, 3.8) is 0 Å². The number of carbonyl (C=O) groups is 1. The van der Waals surface area contributed by atoms with Crippen LogP contribution < -0.4 is 0 Å². The summed E-state index contributed by atoms with van der Waals surface area (Å²) in [4.78, 5) is 17.0. The fourth-order valence-corrected chi connectivity index (χ4v) is 3.50. The van der Waals surface area contributed by atoms with Gasteiger partial charge >= 0.3 is 0 Å².